The lowest BCUT2D eigenvalue weighted by molar-refractivity contribution is 0.0684. The number of fused-ring (bicyclic) bond motifs is 1. The molecule has 0 saturated carbocycles. The van der Waals surface area contributed by atoms with E-state index in [9.17, 15) is 18.0 Å². The van der Waals surface area contributed by atoms with Crippen LogP contribution < -0.4 is 9.47 Å². The van der Waals surface area contributed by atoms with E-state index in [0.29, 0.717) is 23.5 Å². The summed E-state index contributed by atoms with van der Waals surface area (Å²) in [4.78, 5) is 14.7. The fourth-order valence-electron chi connectivity index (χ4n) is 4.01. The lowest BCUT2D eigenvalue weighted by Crippen LogP contribution is -2.41. The zero-order valence-corrected chi connectivity index (χ0v) is 17.0. The van der Waals surface area contributed by atoms with Crippen molar-refractivity contribution in [2.75, 3.05) is 20.8 Å². The van der Waals surface area contributed by atoms with Crippen LogP contribution in [0.15, 0.2) is 54.6 Å². The molecule has 0 saturated heterocycles. The van der Waals surface area contributed by atoms with Gasteiger partial charge in [-0.25, -0.2) is 13.2 Å². The molecule has 4 nitrogen and oxygen atoms in total. The second-order valence-electron chi connectivity index (χ2n) is 7.21. The van der Waals surface area contributed by atoms with Gasteiger partial charge in [0, 0.05) is 6.54 Å². The van der Waals surface area contributed by atoms with E-state index >= 15 is 0 Å². The van der Waals surface area contributed by atoms with Crippen molar-refractivity contribution in [3.05, 3.63) is 94.3 Å². The van der Waals surface area contributed by atoms with Crippen molar-refractivity contribution in [2.24, 2.45) is 0 Å². The second-order valence-corrected chi connectivity index (χ2v) is 7.21. The third kappa shape index (κ3) is 3.71. The van der Waals surface area contributed by atoms with Crippen molar-refractivity contribution in [1.82, 2.24) is 4.90 Å². The average molecular weight is 427 g/mol. The summed E-state index contributed by atoms with van der Waals surface area (Å²) in [5.74, 6) is -2.06. The summed E-state index contributed by atoms with van der Waals surface area (Å²) in [5, 5.41) is 0. The van der Waals surface area contributed by atoms with E-state index < -0.39 is 35.0 Å². The number of benzene rings is 3. The summed E-state index contributed by atoms with van der Waals surface area (Å²) in [6.45, 7) is 0.219. The molecule has 0 aliphatic carbocycles. The molecule has 0 aromatic heterocycles. The zero-order valence-electron chi connectivity index (χ0n) is 17.0. The molecule has 0 fully saturated rings. The van der Waals surface area contributed by atoms with Crippen LogP contribution in [0.4, 0.5) is 13.2 Å². The molecule has 3 aromatic carbocycles. The van der Waals surface area contributed by atoms with Crippen LogP contribution >= 0.6 is 0 Å². The quantitative estimate of drug-likeness (QED) is 0.594. The molecule has 4 rings (SSSR count). The molecule has 0 spiro atoms. The van der Waals surface area contributed by atoms with E-state index in [0.717, 1.165) is 23.3 Å². The molecule has 1 unspecified atom stereocenters. The monoisotopic (exact) mass is 427 g/mol. The Morgan fingerprint density at radius 2 is 1.55 bits per heavy atom. The Balaban J connectivity index is 1.88. The van der Waals surface area contributed by atoms with Crippen LogP contribution in [0.25, 0.3) is 0 Å². The summed E-state index contributed by atoms with van der Waals surface area (Å²) in [7, 11) is 3.03. The molecule has 0 N–H and O–H groups in total. The highest BCUT2D eigenvalue weighted by atomic mass is 19.1. The Hall–Kier alpha value is -3.48. The van der Waals surface area contributed by atoms with E-state index in [2.05, 4.69) is 0 Å². The maximum atomic E-state index is 14.4. The van der Waals surface area contributed by atoms with Gasteiger partial charge >= 0.3 is 0 Å². The molecule has 7 heteroatoms. The minimum Gasteiger partial charge on any atom is -0.493 e. The molecule has 1 amide bonds. The average Bonchev–Trinajstić information content (AvgIpc) is 2.77. The largest absolute Gasteiger partial charge is 0.493 e. The van der Waals surface area contributed by atoms with Gasteiger partial charge in [0.2, 0.25) is 0 Å². The number of methoxy groups -OCH3 is 2. The number of hydrogen-bond donors (Lipinski definition) is 0. The van der Waals surface area contributed by atoms with Gasteiger partial charge < -0.3 is 14.4 Å². The zero-order chi connectivity index (χ0) is 22.1. The minimum atomic E-state index is -0.930. The Labute approximate surface area is 177 Å². The maximum absolute atomic E-state index is 14.4. The summed E-state index contributed by atoms with van der Waals surface area (Å²) in [6, 6.07) is 11.9. The lowest BCUT2D eigenvalue weighted by atomic mass is 9.87. The number of amides is 1. The molecule has 0 bridgehead atoms. The Morgan fingerprint density at radius 1 is 0.935 bits per heavy atom. The molecule has 1 atom stereocenters. The van der Waals surface area contributed by atoms with Crippen LogP contribution in [0.5, 0.6) is 11.5 Å². The SMILES string of the molecule is COc1cc2c(cc1OC)C(c1ccc(F)cc1)N(C(=O)c1c(F)cccc1F)CC2. The fourth-order valence-corrected chi connectivity index (χ4v) is 4.01. The van der Waals surface area contributed by atoms with Gasteiger partial charge in [-0.15, -0.1) is 0 Å². The van der Waals surface area contributed by atoms with E-state index in [4.69, 9.17) is 9.47 Å². The Bertz CT molecular complexity index is 1110. The van der Waals surface area contributed by atoms with Gasteiger partial charge in [0.1, 0.15) is 23.0 Å². The lowest BCUT2D eigenvalue weighted by Gasteiger charge is -2.38. The molecule has 1 heterocycles. The summed E-state index contributed by atoms with van der Waals surface area (Å²) in [6.07, 6.45) is 0.454. The van der Waals surface area contributed by atoms with Crippen LogP contribution in [-0.4, -0.2) is 31.6 Å². The first-order chi connectivity index (χ1) is 14.9. The number of hydrogen-bond acceptors (Lipinski definition) is 3. The molecule has 160 valence electrons. The Morgan fingerprint density at radius 3 is 2.16 bits per heavy atom. The van der Waals surface area contributed by atoms with Crippen molar-refractivity contribution in [3.8, 4) is 11.5 Å². The van der Waals surface area contributed by atoms with Gasteiger partial charge in [-0.05, 0) is 59.5 Å². The van der Waals surface area contributed by atoms with Crippen LogP contribution in [0.1, 0.15) is 33.1 Å². The van der Waals surface area contributed by atoms with Crippen LogP contribution in [0, 0.1) is 17.5 Å². The molecule has 31 heavy (non-hydrogen) atoms. The van der Waals surface area contributed by atoms with Gasteiger partial charge in [-0.3, -0.25) is 4.79 Å². The normalized spacial score (nSPS) is 15.4. The van der Waals surface area contributed by atoms with E-state index in [-0.39, 0.29) is 6.54 Å². The molecule has 1 aliphatic heterocycles. The highest BCUT2D eigenvalue weighted by molar-refractivity contribution is 5.95. The number of ether oxygens (including phenoxy) is 2. The molecule has 0 radical (unpaired) electrons. The van der Waals surface area contributed by atoms with Gasteiger partial charge in [0.25, 0.3) is 5.91 Å². The molecule has 1 aliphatic rings. The fraction of sp³-hybridized carbons (Fsp3) is 0.208. The van der Waals surface area contributed by atoms with Crippen molar-refractivity contribution in [2.45, 2.75) is 12.5 Å². The maximum Gasteiger partial charge on any atom is 0.260 e. The predicted octanol–water partition coefficient (Wildman–Crippen LogP) is 4.91. The van der Waals surface area contributed by atoms with Crippen LogP contribution in [-0.2, 0) is 6.42 Å². The first kappa shape index (κ1) is 20.8. The first-order valence-electron chi connectivity index (χ1n) is 9.69. The second kappa shape index (κ2) is 8.34. The number of rotatable bonds is 4. The molecular formula is C24H20F3NO3. The van der Waals surface area contributed by atoms with Gasteiger partial charge in [0.05, 0.1) is 20.3 Å². The van der Waals surface area contributed by atoms with Gasteiger partial charge in [-0.1, -0.05) is 18.2 Å². The molecule has 3 aromatic rings. The summed E-state index contributed by atoms with van der Waals surface area (Å²) >= 11 is 0. The van der Waals surface area contributed by atoms with Crippen molar-refractivity contribution in [3.63, 3.8) is 0 Å². The number of nitrogens with zero attached hydrogens (tertiary/aromatic N) is 1. The topological polar surface area (TPSA) is 38.8 Å². The summed E-state index contributed by atoms with van der Waals surface area (Å²) in [5.41, 5.74) is 1.63. The van der Waals surface area contributed by atoms with E-state index in [1.165, 1.54) is 37.3 Å². The highest BCUT2D eigenvalue weighted by Gasteiger charge is 2.35. The van der Waals surface area contributed by atoms with Gasteiger partial charge in [0.15, 0.2) is 11.5 Å². The minimum absolute atomic E-state index is 0.219. The van der Waals surface area contributed by atoms with Crippen molar-refractivity contribution >= 4 is 5.91 Å². The third-order valence-electron chi connectivity index (χ3n) is 5.50. The van der Waals surface area contributed by atoms with Crippen molar-refractivity contribution < 1.29 is 27.4 Å². The predicted molar refractivity (Wildman–Crippen MR) is 109 cm³/mol. The Kier molecular flexibility index (Phi) is 5.59. The number of halogens is 3. The highest BCUT2D eigenvalue weighted by Crippen LogP contribution is 2.41. The summed E-state index contributed by atoms with van der Waals surface area (Å²) < 4.78 is 53.1. The number of carbonyl (C=O) groups is 1. The van der Waals surface area contributed by atoms with Crippen LogP contribution in [0.3, 0.4) is 0 Å². The standard InChI is InChI=1S/C24H20F3NO3/c1-30-20-12-15-10-11-28(24(29)22-18(26)4-3-5-19(22)27)23(17(15)13-21(20)31-2)14-6-8-16(25)9-7-14/h3-9,12-13,23H,10-11H2,1-2H3. The van der Waals surface area contributed by atoms with E-state index in [1.807, 2.05) is 6.07 Å². The smallest absolute Gasteiger partial charge is 0.260 e. The van der Waals surface area contributed by atoms with E-state index in [1.54, 1.807) is 18.2 Å². The third-order valence-corrected chi connectivity index (χ3v) is 5.50. The first-order valence-corrected chi connectivity index (χ1v) is 9.69. The van der Waals surface area contributed by atoms with Crippen LogP contribution in [0.2, 0.25) is 0 Å². The van der Waals surface area contributed by atoms with Gasteiger partial charge in [-0.2, -0.15) is 0 Å². The molecular weight excluding hydrogens is 407 g/mol. The number of carbonyl (C=O) groups excluding carboxylic acids is 1. The van der Waals surface area contributed by atoms with Crippen molar-refractivity contribution in [1.29, 1.82) is 0 Å².